The highest BCUT2D eigenvalue weighted by Crippen LogP contribution is 1.83. The van der Waals surface area contributed by atoms with Crippen molar-refractivity contribution in [3.05, 3.63) is 0 Å². The zero-order valence-corrected chi connectivity index (χ0v) is 7.79. The van der Waals surface area contributed by atoms with Crippen LogP contribution < -0.4 is 11.1 Å². The van der Waals surface area contributed by atoms with Crippen molar-refractivity contribution in [2.24, 2.45) is 5.73 Å². The minimum atomic E-state index is -0.133. The molecular weight excluding hydrogens is 172 g/mol. The summed E-state index contributed by atoms with van der Waals surface area (Å²) in [6, 6.07) is 0. The second-order valence-corrected chi connectivity index (χ2v) is 2.62. The van der Waals surface area contributed by atoms with E-state index in [4.69, 9.17) is 15.6 Å². The molecule has 0 aromatic rings. The number of hydrogen-bond donors (Lipinski definition) is 3. The maximum atomic E-state index is 10.9. The third kappa shape index (κ3) is 9.26. The molecule has 0 aliphatic rings. The molecule has 13 heavy (non-hydrogen) atoms. The van der Waals surface area contributed by atoms with Gasteiger partial charge in [-0.25, -0.2) is 0 Å². The molecule has 0 aromatic heterocycles. The van der Waals surface area contributed by atoms with E-state index in [2.05, 4.69) is 5.32 Å². The summed E-state index contributed by atoms with van der Waals surface area (Å²) in [5.41, 5.74) is 5.17. The predicted octanol–water partition coefficient (Wildman–Crippen LogP) is -1.15. The van der Waals surface area contributed by atoms with Gasteiger partial charge in [0.05, 0.1) is 6.61 Å². The van der Waals surface area contributed by atoms with E-state index >= 15 is 0 Å². The minimum Gasteiger partial charge on any atom is -0.396 e. The van der Waals surface area contributed by atoms with Crippen molar-refractivity contribution in [1.82, 2.24) is 5.32 Å². The zero-order chi connectivity index (χ0) is 9.94. The van der Waals surface area contributed by atoms with Crippen LogP contribution in [-0.4, -0.2) is 43.9 Å². The first-order valence-corrected chi connectivity index (χ1v) is 4.46. The first kappa shape index (κ1) is 12.3. The fourth-order valence-electron chi connectivity index (χ4n) is 0.764. The highest BCUT2D eigenvalue weighted by atomic mass is 16.5. The quantitative estimate of drug-likeness (QED) is 0.422. The lowest BCUT2D eigenvalue weighted by atomic mass is 10.3. The van der Waals surface area contributed by atoms with Crippen LogP contribution in [-0.2, 0) is 9.53 Å². The number of aliphatic hydroxyl groups is 1. The van der Waals surface area contributed by atoms with Crippen LogP contribution in [0.3, 0.4) is 0 Å². The molecule has 0 fully saturated rings. The van der Waals surface area contributed by atoms with Gasteiger partial charge in [-0.05, 0) is 12.8 Å². The van der Waals surface area contributed by atoms with Crippen molar-refractivity contribution >= 4 is 5.91 Å². The molecule has 0 aliphatic heterocycles. The van der Waals surface area contributed by atoms with E-state index in [0.29, 0.717) is 26.1 Å². The summed E-state index contributed by atoms with van der Waals surface area (Å²) in [5.74, 6) is -0.133. The minimum absolute atomic E-state index is 0.0658. The van der Waals surface area contributed by atoms with Crippen LogP contribution in [0, 0.1) is 0 Å². The number of hydrogen-bond acceptors (Lipinski definition) is 4. The number of carbonyl (C=O) groups is 1. The van der Waals surface area contributed by atoms with Gasteiger partial charge in [-0.3, -0.25) is 4.79 Å². The van der Waals surface area contributed by atoms with Gasteiger partial charge in [0.1, 0.15) is 6.61 Å². The molecule has 4 N–H and O–H groups in total. The van der Waals surface area contributed by atoms with E-state index in [0.717, 1.165) is 6.42 Å². The first-order chi connectivity index (χ1) is 6.31. The summed E-state index contributed by atoms with van der Waals surface area (Å²) >= 11 is 0. The Morgan fingerprint density at radius 2 is 2.23 bits per heavy atom. The van der Waals surface area contributed by atoms with Crippen molar-refractivity contribution < 1.29 is 14.6 Å². The maximum Gasteiger partial charge on any atom is 0.245 e. The fraction of sp³-hybridized carbons (Fsp3) is 0.875. The Hall–Kier alpha value is -0.650. The number of amides is 1. The van der Waals surface area contributed by atoms with E-state index in [1.807, 2.05) is 0 Å². The topological polar surface area (TPSA) is 84.6 Å². The van der Waals surface area contributed by atoms with Gasteiger partial charge in [-0.2, -0.15) is 0 Å². The Labute approximate surface area is 78.3 Å². The lowest BCUT2D eigenvalue weighted by molar-refractivity contribution is -0.125. The Bertz CT molecular complexity index is 131. The molecule has 0 saturated heterocycles. The van der Waals surface area contributed by atoms with Gasteiger partial charge in [-0.1, -0.05) is 0 Å². The lowest BCUT2D eigenvalue weighted by Gasteiger charge is -2.04. The van der Waals surface area contributed by atoms with Crippen LogP contribution in [0.15, 0.2) is 0 Å². The number of nitrogens with two attached hydrogens (primary N) is 1. The lowest BCUT2D eigenvalue weighted by Crippen LogP contribution is -2.29. The van der Waals surface area contributed by atoms with Gasteiger partial charge >= 0.3 is 0 Å². The number of rotatable bonds is 8. The predicted molar refractivity (Wildman–Crippen MR) is 49.2 cm³/mol. The van der Waals surface area contributed by atoms with Gasteiger partial charge in [0.2, 0.25) is 5.91 Å². The smallest absolute Gasteiger partial charge is 0.245 e. The van der Waals surface area contributed by atoms with Crippen LogP contribution in [0.5, 0.6) is 0 Å². The Morgan fingerprint density at radius 3 is 2.85 bits per heavy atom. The largest absolute Gasteiger partial charge is 0.396 e. The van der Waals surface area contributed by atoms with E-state index in [1.165, 1.54) is 0 Å². The number of aliphatic hydroxyl groups excluding tert-OH is 1. The summed E-state index contributed by atoms with van der Waals surface area (Å²) in [5, 5.41) is 11.1. The summed E-state index contributed by atoms with van der Waals surface area (Å²) < 4.78 is 4.92. The van der Waals surface area contributed by atoms with Gasteiger partial charge < -0.3 is 20.9 Å². The average molecular weight is 190 g/mol. The van der Waals surface area contributed by atoms with E-state index in [-0.39, 0.29) is 19.1 Å². The van der Waals surface area contributed by atoms with Crippen molar-refractivity contribution in [3.63, 3.8) is 0 Å². The molecule has 0 saturated carbocycles. The van der Waals surface area contributed by atoms with Crippen LogP contribution in [0.1, 0.15) is 12.8 Å². The molecule has 0 rings (SSSR count). The molecule has 5 heteroatoms. The van der Waals surface area contributed by atoms with E-state index in [9.17, 15) is 4.79 Å². The van der Waals surface area contributed by atoms with Gasteiger partial charge in [0, 0.05) is 19.7 Å². The van der Waals surface area contributed by atoms with Crippen LogP contribution in [0.25, 0.3) is 0 Å². The number of carbonyl (C=O) groups excluding carboxylic acids is 1. The van der Waals surface area contributed by atoms with E-state index < -0.39 is 0 Å². The molecule has 0 spiro atoms. The molecule has 0 atom stereocenters. The Kier molecular flexibility index (Phi) is 8.97. The monoisotopic (exact) mass is 190 g/mol. The van der Waals surface area contributed by atoms with Gasteiger partial charge in [0.25, 0.3) is 0 Å². The number of ether oxygens (including phenoxy) is 1. The zero-order valence-electron chi connectivity index (χ0n) is 7.79. The highest BCUT2D eigenvalue weighted by molar-refractivity contribution is 5.77. The summed E-state index contributed by atoms with van der Waals surface area (Å²) in [7, 11) is 0. The summed E-state index contributed by atoms with van der Waals surface area (Å²) in [6.07, 6.45) is 1.50. The molecule has 0 bridgehead atoms. The third-order valence-electron chi connectivity index (χ3n) is 1.40. The SMILES string of the molecule is NCCOCC(=O)NCCCCO. The van der Waals surface area contributed by atoms with Crippen LogP contribution >= 0.6 is 0 Å². The number of nitrogens with one attached hydrogen (secondary N) is 1. The normalized spacial score (nSPS) is 10.0. The highest BCUT2D eigenvalue weighted by Gasteiger charge is 1.98. The molecule has 78 valence electrons. The third-order valence-corrected chi connectivity index (χ3v) is 1.40. The standard InChI is InChI=1S/C8H18N2O3/c9-3-6-13-7-8(12)10-4-1-2-5-11/h11H,1-7,9H2,(H,10,12). The van der Waals surface area contributed by atoms with Crippen LogP contribution in [0.2, 0.25) is 0 Å². The molecule has 0 aliphatic carbocycles. The van der Waals surface area contributed by atoms with Crippen molar-refractivity contribution in [1.29, 1.82) is 0 Å². The summed E-state index contributed by atoms with van der Waals surface area (Å²) in [6.45, 7) is 1.66. The van der Waals surface area contributed by atoms with E-state index in [1.54, 1.807) is 0 Å². The van der Waals surface area contributed by atoms with Gasteiger partial charge in [0.15, 0.2) is 0 Å². The summed E-state index contributed by atoms with van der Waals surface area (Å²) in [4.78, 5) is 10.9. The van der Waals surface area contributed by atoms with Crippen molar-refractivity contribution in [2.45, 2.75) is 12.8 Å². The average Bonchev–Trinajstić information content (AvgIpc) is 2.13. The molecule has 5 nitrogen and oxygen atoms in total. The Balaban J connectivity index is 3.11. The molecule has 0 unspecified atom stereocenters. The van der Waals surface area contributed by atoms with Crippen molar-refractivity contribution in [3.8, 4) is 0 Å². The second kappa shape index (κ2) is 9.44. The molecule has 0 radical (unpaired) electrons. The van der Waals surface area contributed by atoms with Crippen molar-refractivity contribution in [2.75, 3.05) is 32.9 Å². The molecule has 1 amide bonds. The Morgan fingerprint density at radius 1 is 1.46 bits per heavy atom. The first-order valence-electron chi connectivity index (χ1n) is 4.46. The van der Waals surface area contributed by atoms with Crippen LogP contribution in [0.4, 0.5) is 0 Å². The fourth-order valence-corrected chi connectivity index (χ4v) is 0.764. The maximum absolute atomic E-state index is 10.9. The van der Waals surface area contributed by atoms with Gasteiger partial charge in [-0.15, -0.1) is 0 Å². The molecule has 0 aromatic carbocycles. The number of unbranched alkanes of at least 4 members (excludes halogenated alkanes) is 1. The second-order valence-electron chi connectivity index (χ2n) is 2.62. The molecule has 0 heterocycles. The molecular formula is C8H18N2O3.